The molecule has 0 amide bonds. The highest BCUT2D eigenvalue weighted by atomic mass is 16.7. The highest BCUT2D eigenvalue weighted by Gasteiger charge is 2.47. The minimum Gasteiger partial charge on any atom is -0.458 e. The fourth-order valence-corrected chi connectivity index (χ4v) is 6.16. The average molecular weight is 787 g/mol. The summed E-state index contributed by atoms with van der Waals surface area (Å²) < 4.78 is 33.0. The highest BCUT2D eigenvalue weighted by molar-refractivity contribution is 5.66. The van der Waals surface area contributed by atoms with Crippen molar-refractivity contribution in [1.82, 2.24) is 0 Å². The zero-order valence-electron chi connectivity index (χ0n) is 32.9. The summed E-state index contributed by atoms with van der Waals surface area (Å²) in [7, 11) is 0. The Balaban J connectivity index is 1.56. The van der Waals surface area contributed by atoms with Gasteiger partial charge in [-0.1, -0.05) is 100 Å². The Hall–Kier alpha value is -2.05. The summed E-state index contributed by atoms with van der Waals surface area (Å²) in [6.45, 7) is 2.52. The molecule has 0 aliphatic carbocycles. The summed E-state index contributed by atoms with van der Waals surface area (Å²) in [5.41, 5.74) is 0. The van der Waals surface area contributed by atoms with Crippen molar-refractivity contribution >= 4 is 5.97 Å². The first-order valence-electron chi connectivity index (χ1n) is 20.2. The fraction of sp³-hybridized carbons (Fsp3) is 0.780. The van der Waals surface area contributed by atoms with Crippen molar-refractivity contribution in [1.29, 1.82) is 0 Å². The van der Waals surface area contributed by atoms with Crippen LogP contribution < -0.4 is 0 Å². The van der Waals surface area contributed by atoms with Crippen LogP contribution in [0.2, 0.25) is 0 Å². The Bertz CT molecular complexity index is 1100. The lowest BCUT2D eigenvalue weighted by Gasteiger charge is -2.42. The van der Waals surface area contributed by atoms with Crippen LogP contribution in [-0.4, -0.2) is 142 Å². The highest BCUT2D eigenvalue weighted by Crippen LogP contribution is 2.26. The third-order valence-electron chi connectivity index (χ3n) is 9.40. The molecule has 0 radical (unpaired) electrons. The molecule has 0 saturated carbocycles. The molecule has 2 fully saturated rings. The summed E-state index contributed by atoms with van der Waals surface area (Å²) in [6.07, 6.45) is 17.2. The van der Waals surface area contributed by atoms with Crippen LogP contribution in [0.3, 0.4) is 0 Å². The SMILES string of the molecule is CC/C=C\C/C=C\C/C=C\C/C=C\CCCCCCCCCCCOCC(COC1OC(COC2OC(CO)C(O)C(O)C2O)C(O)C(O)C1O)OC(C)=O. The number of unbranched alkanes of at least 4 members (excludes halogenated alkanes) is 9. The Morgan fingerprint density at radius 3 is 1.65 bits per heavy atom. The second-order valence-electron chi connectivity index (χ2n) is 14.2. The molecule has 14 heteroatoms. The van der Waals surface area contributed by atoms with Crippen molar-refractivity contribution in [3.05, 3.63) is 48.6 Å². The molecular formula is C41H70O14. The molecular weight excluding hydrogens is 716 g/mol. The predicted molar refractivity (Wildman–Crippen MR) is 206 cm³/mol. The van der Waals surface area contributed by atoms with Crippen LogP contribution in [0.5, 0.6) is 0 Å². The van der Waals surface area contributed by atoms with Crippen molar-refractivity contribution in [2.45, 2.75) is 171 Å². The van der Waals surface area contributed by atoms with Crippen molar-refractivity contribution in [2.24, 2.45) is 0 Å². The molecule has 2 rings (SSSR count). The van der Waals surface area contributed by atoms with Gasteiger partial charge < -0.3 is 64.2 Å². The summed E-state index contributed by atoms with van der Waals surface area (Å²) >= 11 is 0. The smallest absolute Gasteiger partial charge is 0.303 e. The summed E-state index contributed by atoms with van der Waals surface area (Å²) in [5.74, 6) is -0.557. The topological polar surface area (TPSA) is 214 Å². The van der Waals surface area contributed by atoms with Gasteiger partial charge in [-0.05, 0) is 44.9 Å². The molecule has 2 aliphatic heterocycles. The number of hydrogen-bond acceptors (Lipinski definition) is 14. The van der Waals surface area contributed by atoms with Gasteiger partial charge in [-0.3, -0.25) is 4.79 Å². The van der Waals surface area contributed by atoms with Crippen LogP contribution >= 0.6 is 0 Å². The van der Waals surface area contributed by atoms with Gasteiger partial charge in [0.15, 0.2) is 12.6 Å². The Morgan fingerprint density at radius 1 is 0.600 bits per heavy atom. The molecule has 2 aliphatic rings. The van der Waals surface area contributed by atoms with Gasteiger partial charge in [-0.15, -0.1) is 0 Å². The van der Waals surface area contributed by atoms with E-state index in [1.54, 1.807) is 0 Å². The number of allylic oxidation sites excluding steroid dienone is 8. The Morgan fingerprint density at radius 2 is 1.09 bits per heavy atom. The van der Waals surface area contributed by atoms with Gasteiger partial charge in [0.25, 0.3) is 0 Å². The van der Waals surface area contributed by atoms with Gasteiger partial charge in [0.1, 0.15) is 54.9 Å². The molecule has 318 valence electrons. The van der Waals surface area contributed by atoms with E-state index in [0.717, 1.165) is 51.4 Å². The van der Waals surface area contributed by atoms with E-state index in [2.05, 4.69) is 55.5 Å². The van der Waals surface area contributed by atoms with Gasteiger partial charge in [-0.25, -0.2) is 0 Å². The molecule has 2 heterocycles. The average Bonchev–Trinajstić information content (AvgIpc) is 3.17. The monoisotopic (exact) mass is 786 g/mol. The molecule has 0 aromatic heterocycles. The number of aliphatic hydroxyl groups excluding tert-OH is 7. The summed E-state index contributed by atoms with van der Waals surface area (Å²) in [6, 6.07) is 0. The fourth-order valence-electron chi connectivity index (χ4n) is 6.16. The Labute approximate surface area is 327 Å². The van der Waals surface area contributed by atoms with Crippen LogP contribution in [0, 0.1) is 0 Å². The first-order valence-corrected chi connectivity index (χ1v) is 20.2. The molecule has 0 bridgehead atoms. The summed E-state index contributed by atoms with van der Waals surface area (Å²) in [4.78, 5) is 11.7. The number of carbonyl (C=O) groups is 1. The van der Waals surface area contributed by atoms with Crippen LogP contribution in [-0.2, 0) is 33.2 Å². The molecule has 11 atom stereocenters. The quantitative estimate of drug-likeness (QED) is 0.0330. The lowest BCUT2D eigenvalue weighted by atomic mass is 9.98. The van der Waals surface area contributed by atoms with Crippen molar-refractivity contribution < 1.29 is 69.0 Å². The number of esters is 1. The van der Waals surface area contributed by atoms with Crippen LogP contribution in [0.4, 0.5) is 0 Å². The van der Waals surface area contributed by atoms with Crippen molar-refractivity contribution in [3.8, 4) is 0 Å². The van der Waals surface area contributed by atoms with Crippen molar-refractivity contribution in [3.63, 3.8) is 0 Å². The first kappa shape index (κ1) is 49.1. The molecule has 55 heavy (non-hydrogen) atoms. The van der Waals surface area contributed by atoms with Gasteiger partial charge in [0.05, 0.1) is 26.4 Å². The van der Waals surface area contributed by atoms with Crippen LogP contribution in [0.1, 0.15) is 104 Å². The molecule has 11 unspecified atom stereocenters. The summed E-state index contributed by atoms with van der Waals surface area (Å²) in [5, 5.41) is 70.9. The van der Waals surface area contributed by atoms with E-state index in [-0.39, 0.29) is 13.2 Å². The Kier molecular flexibility index (Phi) is 26.9. The standard InChI is InChI=1S/C41H70O14/c1-3-4-5-6-7-8-9-10-11-12-13-14-15-16-17-18-19-20-21-22-23-24-25-50-27-31(53-30(2)43)28-51-40-39(49)37(47)35(45)33(55-40)29-52-41-38(48)36(46)34(44)32(26-42)54-41/h4-5,7-8,10-11,13-14,31-42,44-49H,3,6,9,12,15-29H2,1-2H3/b5-4-,8-7-,11-10-,14-13-. The van der Waals surface area contributed by atoms with Crippen molar-refractivity contribution in [2.75, 3.05) is 33.0 Å². The first-order chi connectivity index (χ1) is 26.6. The van der Waals surface area contributed by atoms with Crippen LogP contribution in [0.15, 0.2) is 48.6 Å². The molecule has 0 aromatic carbocycles. The van der Waals surface area contributed by atoms with Gasteiger partial charge in [-0.2, -0.15) is 0 Å². The van der Waals surface area contributed by atoms with Gasteiger partial charge in [0, 0.05) is 13.5 Å². The van der Waals surface area contributed by atoms with Gasteiger partial charge in [0.2, 0.25) is 0 Å². The van der Waals surface area contributed by atoms with E-state index in [1.165, 1.54) is 45.4 Å². The van der Waals surface area contributed by atoms with E-state index in [0.29, 0.717) is 6.61 Å². The molecule has 14 nitrogen and oxygen atoms in total. The molecule has 0 spiro atoms. The minimum atomic E-state index is -1.70. The lowest BCUT2D eigenvalue weighted by molar-refractivity contribution is -0.332. The van der Waals surface area contributed by atoms with E-state index < -0.39 is 86.7 Å². The maximum atomic E-state index is 11.7. The van der Waals surface area contributed by atoms with E-state index in [4.69, 9.17) is 28.4 Å². The number of ether oxygens (including phenoxy) is 6. The maximum Gasteiger partial charge on any atom is 0.303 e. The van der Waals surface area contributed by atoms with E-state index in [9.17, 15) is 40.5 Å². The minimum absolute atomic E-state index is 0.0398. The third-order valence-corrected chi connectivity index (χ3v) is 9.40. The second-order valence-corrected chi connectivity index (χ2v) is 14.2. The number of rotatable bonds is 29. The van der Waals surface area contributed by atoms with E-state index in [1.807, 2.05) is 0 Å². The van der Waals surface area contributed by atoms with E-state index >= 15 is 0 Å². The van der Waals surface area contributed by atoms with Crippen LogP contribution in [0.25, 0.3) is 0 Å². The number of carbonyl (C=O) groups excluding carboxylic acids is 1. The molecule has 7 N–H and O–H groups in total. The van der Waals surface area contributed by atoms with Gasteiger partial charge >= 0.3 is 5.97 Å². The maximum absolute atomic E-state index is 11.7. The molecule has 2 saturated heterocycles. The lowest BCUT2D eigenvalue weighted by Crippen LogP contribution is -2.61. The largest absolute Gasteiger partial charge is 0.458 e. The zero-order chi connectivity index (χ0) is 40.3. The third kappa shape index (κ3) is 20.3. The second kappa shape index (κ2) is 30.1. The zero-order valence-corrected chi connectivity index (χ0v) is 32.9. The number of aliphatic hydroxyl groups is 7. The number of hydrogen-bond donors (Lipinski definition) is 7. The predicted octanol–water partition coefficient (Wildman–Crippen LogP) is 3.28. The molecule has 0 aromatic rings. The normalized spacial score (nSPS) is 29.6.